The molecule has 0 aliphatic carbocycles. The molecule has 1 aliphatic heterocycles. The molecule has 1 unspecified atom stereocenters. The van der Waals surface area contributed by atoms with Crippen LogP contribution < -0.4 is 5.32 Å². The number of rotatable bonds is 13. The number of halogens is 2. The van der Waals surface area contributed by atoms with Gasteiger partial charge in [0.15, 0.2) is 0 Å². The molecule has 0 aromatic carbocycles. The highest BCUT2D eigenvalue weighted by atomic mass is 35.5. The molecule has 1 fully saturated rings. The number of carbonyl (C=O) groups excluding carboxylic acids is 1. The van der Waals surface area contributed by atoms with Gasteiger partial charge in [-0.2, -0.15) is 0 Å². The van der Waals surface area contributed by atoms with Gasteiger partial charge >= 0.3 is 0 Å². The van der Waals surface area contributed by atoms with E-state index in [0.717, 1.165) is 39.3 Å². The largest absolute Gasteiger partial charge is 0.496 e. The van der Waals surface area contributed by atoms with E-state index < -0.39 is 5.67 Å². The first-order valence-electron chi connectivity index (χ1n) is 11.3. The average molecular weight is 461 g/mol. The van der Waals surface area contributed by atoms with Crippen LogP contribution in [0.3, 0.4) is 0 Å². The minimum Gasteiger partial charge on any atom is -0.496 e. The summed E-state index contributed by atoms with van der Waals surface area (Å²) in [7, 11) is 1.52. The van der Waals surface area contributed by atoms with E-state index in [0.29, 0.717) is 29.6 Å². The van der Waals surface area contributed by atoms with E-state index in [1.165, 1.54) is 7.11 Å². The van der Waals surface area contributed by atoms with Crippen molar-refractivity contribution in [2.75, 3.05) is 46.5 Å². The van der Waals surface area contributed by atoms with Crippen molar-refractivity contribution in [1.82, 2.24) is 10.2 Å². The Morgan fingerprint density at radius 3 is 2.55 bits per heavy atom. The first kappa shape index (κ1) is 27.9. The Morgan fingerprint density at radius 1 is 1.35 bits per heavy atom. The molecule has 0 radical (unpaired) electrons. The normalized spacial score (nSPS) is 19.2. The van der Waals surface area contributed by atoms with Crippen LogP contribution in [0, 0.1) is 11.3 Å². The van der Waals surface area contributed by atoms with E-state index in [2.05, 4.69) is 31.0 Å². The van der Waals surface area contributed by atoms with E-state index in [9.17, 15) is 4.79 Å². The molecular weight excluding hydrogens is 419 g/mol. The predicted octanol–water partition coefficient (Wildman–Crippen LogP) is 5.06. The predicted molar refractivity (Wildman–Crippen MR) is 126 cm³/mol. The van der Waals surface area contributed by atoms with Crippen LogP contribution in [-0.4, -0.2) is 63.0 Å². The van der Waals surface area contributed by atoms with Crippen LogP contribution in [0.5, 0.6) is 0 Å². The topological polar surface area (TPSA) is 50.8 Å². The Morgan fingerprint density at radius 2 is 2.00 bits per heavy atom. The summed E-state index contributed by atoms with van der Waals surface area (Å²) in [5.41, 5.74) is -1.19. The minimum absolute atomic E-state index is 0.0615. The zero-order chi connectivity index (χ0) is 23.5. The summed E-state index contributed by atoms with van der Waals surface area (Å²) in [5.74, 6) is 0.833. The summed E-state index contributed by atoms with van der Waals surface area (Å²) >= 11 is 5.88. The smallest absolute Gasteiger partial charge is 0.223 e. The van der Waals surface area contributed by atoms with Crippen LogP contribution in [0.1, 0.15) is 60.3 Å². The van der Waals surface area contributed by atoms with Gasteiger partial charge in [0, 0.05) is 32.7 Å². The molecule has 1 heterocycles. The number of ether oxygens (including phenoxy) is 2. The van der Waals surface area contributed by atoms with Gasteiger partial charge in [-0.05, 0) is 50.5 Å². The van der Waals surface area contributed by atoms with Crippen molar-refractivity contribution >= 4 is 17.5 Å². The Hall–Kier alpha value is -1.11. The molecule has 1 N–H and O–H groups in total. The third-order valence-electron chi connectivity index (χ3n) is 5.65. The second-order valence-electron chi connectivity index (χ2n) is 9.55. The summed E-state index contributed by atoms with van der Waals surface area (Å²) in [6, 6.07) is 0. The zero-order valence-corrected chi connectivity index (χ0v) is 21.0. The first-order valence-corrected chi connectivity index (χ1v) is 11.7. The molecule has 5 nitrogen and oxygen atoms in total. The SMILES string of the molecule is CCOCC(C)(C)CC(C)CN1CCC(F)(CNC(=O)C/C=C\C(OC)=C(/C)Cl)CC1. The van der Waals surface area contributed by atoms with Crippen molar-refractivity contribution in [3.05, 3.63) is 22.9 Å². The third-order valence-corrected chi connectivity index (χ3v) is 5.84. The van der Waals surface area contributed by atoms with E-state index in [4.69, 9.17) is 21.1 Å². The van der Waals surface area contributed by atoms with Crippen molar-refractivity contribution in [2.24, 2.45) is 11.3 Å². The number of piperidine rings is 1. The lowest BCUT2D eigenvalue weighted by atomic mass is 9.83. The lowest BCUT2D eigenvalue weighted by Gasteiger charge is -2.38. The van der Waals surface area contributed by atoms with Gasteiger partial charge in [-0.1, -0.05) is 38.4 Å². The second kappa shape index (κ2) is 13.4. The van der Waals surface area contributed by atoms with E-state index in [-0.39, 0.29) is 24.3 Å². The number of hydrogen-bond donors (Lipinski definition) is 1. The van der Waals surface area contributed by atoms with E-state index in [1.54, 1.807) is 19.1 Å². The van der Waals surface area contributed by atoms with Crippen molar-refractivity contribution in [3.63, 3.8) is 0 Å². The molecule has 1 aliphatic rings. The fourth-order valence-electron chi connectivity index (χ4n) is 4.12. The van der Waals surface area contributed by atoms with Gasteiger partial charge in [-0.3, -0.25) is 4.79 Å². The number of nitrogens with zero attached hydrogens (tertiary/aromatic N) is 1. The number of carbonyl (C=O) groups is 1. The number of nitrogens with one attached hydrogen (secondary N) is 1. The van der Waals surface area contributed by atoms with Gasteiger partial charge in [-0.25, -0.2) is 4.39 Å². The van der Waals surface area contributed by atoms with Crippen LogP contribution in [0.15, 0.2) is 22.9 Å². The van der Waals surface area contributed by atoms with Gasteiger partial charge in [0.25, 0.3) is 0 Å². The molecule has 1 atom stereocenters. The molecule has 1 rings (SSSR count). The van der Waals surface area contributed by atoms with Gasteiger partial charge in [-0.15, -0.1) is 0 Å². The molecule has 0 aromatic heterocycles. The fourth-order valence-corrected chi connectivity index (χ4v) is 4.26. The number of likely N-dealkylation sites (tertiary alicyclic amines) is 1. The van der Waals surface area contributed by atoms with Gasteiger partial charge in [0.05, 0.1) is 25.3 Å². The monoisotopic (exact) mass is 460 g/mol. The first-order chi connectivity index (χ1) is 14.5. The highest BCUT2D eigenvalue weighted by molar-refractivity contribution is 6.29. The molecule has 0 bridgehead atoms. The minimum atomic E-state index is -1.34. The average Bonchev–Trinajstić information content (AvgIpc) is 2.69. The van der Waals surface area contributed by atoms with Crippen molar-refractivity contribution < 1.29 is 18.7 Å². The summed E-state index contributed by atoms with van der Waals surface area (Å²) in [5, 5.41) is 3.25. The quantitative estimate of drug-likeness (QED) is 0.308. The maximum atomic E-state index is 15.1. The molecule has 0 spiro atoms. The van der Waals surface area contributed by atoms with Gasteiger partial charge < -0.3 is 19.7 Å². The number of hydrogen-bond acceptors (Lipinski definition) is 4. The summed E-state index contributed by atoms with van der Waals surface area (Å²) < 4.78 is 25.8. The van der Waals surface area contributed by atoms with Crippen LogP contribution >= 0.6 is 11.6 Å². The summed E-state index contributed by atoms with van der Waals surface area (Å²) in [4.78, 5) is 14.4. The Balaban J connectivity index is 2.36. The molecule has 1 saturated heterocycles. The molecule has 0 aromatic rings. The van der Waals surface area contributed by atoms with Gasteiger partial charge in [0.2, 0.25) is 5.91 Å². The summed E-state index contributed by atoms with van der Waals surface area (Å²) in [6.07, 6.45) is 5.45. The van der Waals surface area contributed by atoms with Gasteiger partial charge in [0.1, 0.15) is 11.4 Å². The Kier molecular flexibility index (Phi) is 12.1. The van der Waals surface area contributed by atoms with Crippen molar-refractivity contribution in [1.29, 1.82) is 0 Å². The fraction of sp³-hybridized carbons (Fsp3) is 0.792. The Bertz CT molecular complexity index is 610. The molecule has 31 heavy (non-hydrogen) atoms. The van der Waals surface area contributed by atoms with Crippen molar-refractivity contribution in [2.45, 2.75) is 66.0 Å². The van der Waals surface area contributed by atoms with Crippen LogP contribution in [0.2, 0.25) is 0 Å². The highest BCUT2D eigenvalue weighted by Crippen LogP contribution is 2.29. The molecule has 1 amide bonds. The lowest BCUT2D eigenvalue weighted by Crippen LogP contribution is -2.49. The third kappa shape index (κ3) is 11.4. The number of amides is 1. The lowest BCUT2D eigenvalue weighted by molar-refractivity contribution is -0.121. The second-order valence-corrected chi connectivity index (χ2v) is 10.1. The number of alkyl halides is 1. The van der Waals surface area contributed by atoms with E-state index >= 15 is 4.39 Å². The number of methoxy groups -OCH3 is 1. The number of allylic oxidation sites excluding steroid dienone is 2. The summed E-state index contributed by atoms with van der Waals surface area (Å²) in [6.45, 7) is 14.5. The molecule has 7 heteroatoms. The maximum Gasteiger partial charge on any atom is 0.223 e. The molecule has 180 valence electrons. The van der Waals surface area contributed by atoms with Crippen LogP contribution in [0.25, 0.3) is 0 Å². The Labute approximate surface area is 193 Å². The van der Waals surface area contributed by atoms with Crippen LogP contribution in [-0.2, 0) is 14.3 Å². The molecule has 0 saturated carbocycles. The molecular formula is C24H42ClFN2O3. The maximum absolute atomic E-state index is 15.1. The van der Waals surface area contributed by atoms with Crippen molar-refractivity contribution in [3.8, 4) is 0 Å². The van der Waals surface area contributed by atoms with E-state index in [1.807, 2.05) is 6.92 Å². The standard InChI is InChI=1S/C24H42ClFN2O3/c1-7-31-18-23(4,5)15-19(2)16-28-13-11-24(26,12-14-28)17-27-22(29)10-8-9-21(30-6)20(3)25/h8-9,19H,7,10-18H2,1-6H3,(H,27,29)/b9-8-,21-20-. The van der Waals surface area contributed by atoms with Crippen LogP contribution in [0.4, 0.5) is 4.39 Å². The zero-order valence-electron chi connectivity index (χ0n) is 20.2. The highest BCUT2D eigenvalue weighted by Gasteiger charge is 2.35.